The van der Waals surface area contributed by atoms with Crippen LogP contribution in [0.2, 0.25) is 0 Å². The van der Waals surface area contributed by atoms with Crippen molar-refractivity contribution in [1.29, 1.82) is 0 Å². The monoisotopic (exact) mass is 379 g/mol. The minimum absolute atomic E-state index is 0.161. The van der Waals surface area contributed by atoms with Gasteiger partial charge >= 0.3 is 5.97 Å². The number of likely N-dealkylation sites (tertiary alicyclic amines) is 1. The molecular formula is C23H25NO4. The summed E-state index contributed by atoms with van der Waals surface area (Å²) in [5, 5.41) is 0. The molecule has 2 aromatic rings. The van der Waals surface area contributed by atoms with E-state index in [-0.39, 0.29) is 5.91 Å². The number of rotatable bonds is 7. The highest BCUT2D eigenvalue weighted by molar-refractivity contribution is 5.91. The quantitative estimate of drug-likeness (QED) is 0.539. The molecule has 1 amide bonds. The molecule has 0 bridgehead atoms. The molecule has 0 spiro atoms. The molecule has 1 saturated heterocycles. The van der Waals surface area contributed by atoms with Gasteiger partial charge in [-0.3, -0.25) is 4.79 Å². The van der Waals surface area contributed by atoms with Gasteiger partial charge in [-0.15, -0.1) is 0 Å². The fourth-order valence-corrected chi connectivity index (χ4v) is 3.15. The Morgan fingerprint density at radius 3 is 2.36 bits per heavy atom. The highest BCUT2D eigenvalue weighted by Crippen LogP contribution is 2.23. The zero-order valence-electron chi connectivity index (χ0n) is 16.0. The van der Waals surface area contributed by atoms with E-state index in [1.165, 1.54) is 6.08 Å². The van der Waals surface area contributed by atoms with Crippen molar-refractivity contribution in [1.82, 2.24) is 4.90 Å². The lowest BCUT2D eigenvalue weighted by molar-refractivity contribution is -0.156. The number of benzene rings is 2. The van der Waals surface area contributed by atoms with Crippen molar-refractivity contribution < 1.29 is 19.1 Å². The number of ether oxygens (including phenoxy) is 2. The van der Waals surface area contributed by atoms with Gasteiger partial charge in [-0.1, -0.05) is 42.5 Å². The number of hydrogen-bond donors (Lipinski definition) is 0. The van der Waals surface area contributed by atoms with Crippen LogP contribution in [0.1, 0.15) is 37.0 Å². The second-order valence-electron chi connectivity index (χ2n) is 6.60. The van der Waals surface area contributed by atoms with Gasteiger partial charge in [0.15, 0.2) is 0 Å². The number of nitrogens with zero attached hydrogens (tertiary/aromatic N) is 1. The molecule has 1 atom stereocenters. The molecule has 1 fully saturated rings. The topological polar surface area (TPSA) is 55.8 Å². The Hall–Kier alpha value is -3.08. The maximum atomic E-state index is 12.9. The first-order chi connectivity index (χ1) is 13.7. The molecule has 1 aliphatic rings. The number of amides is 1. The van der Waals surface area contributed by atoms with E-state index in [1.807, 2.05) is 61.5 Å². The second kappa shape index (κ2) is 9.74. The average molecular weight is 379 g/mol. The normalized spacial score (nSPS) is 14.8. The van der Waals surface area contributed by atoms with E-state index in [2.05, 4.69) is 0 Å². The van der Waals surface area contributed by atoms with Gasteiger partial charge in [-0.25, -0.2) is 4.79 Å². The summed E-state index contributed by atoms with van der Waals surface area (Å²) < 4.78 is 11.0. The smallest absolute Gasteiger partial charge is 0.331 e. The first-order valence-corrected chi connectivity index (χ1v) is 9.62. The van der Waals surface area contributed by atoms with E-state index in [4.69, 9.17) is 9.47 Å². The maximum Gasteiger partial charge on any atom is 0.331 e. The lowest BCUT2D eigenvalue weighted by atomic mass is 10.1. The molecule has 0 aliphatic carbocycles. The minimum Gasteiger partial charge on any atom is -0.494 e. The highest BCUT2D eigenvalue weighted by Gasteiger charge is 2.30. The van der Waals surface area contributed by atoms with Gasteiger partial charge in [-0.05, 0) is 43.5 Å². The number of carbonyl (C=O) groups excluding carboxylic acids is 2. The van der Waals surface area contributed by atoms with Crippen LogP contribution in [-0.4, -0.2) is 36.5 Å². The Morgan fingerprint density at radius 1 is 1.04 bits per heavy atom. The zero-order chi connectivity index (χ0) is 19.8. The molecule has 146 valence electrons. The van der Waals surface area contributed by atoms with Crippen LogP contribution in [-0.2, 0) is 14.3 Å². The summed E-state index contributed by atoms with van der Waals surface area (Å²) in [6.45, 7) is 3.95. The highest BCUT2D eigenvalue weighted by atomic mass is 16.5. The van der Waals surface area contributed by atoms with Gasteiger partial charge in [0.2, 0.25) is 6.10 Å². The molecule has 1 heterocycles. The third kappa shape index (κ3) is 5.22. The van der Waals surface area contributed by atoms with Gasteiger partial charge in [0, 0.05) is 24.7 Å². The first-order valence-electron chi connectivity index (χ1n) is 9.62. The molecule has 1 aliphatic heterocycles. The second-order valence-corrected chi connectivity index (χ2v) is 6.60. The summed E-state index contributed by atoms with van der Waals surface area (Å²) in [5.74, 6) is 0.0735. The zero-order valence-corrected chi connectivity index (χ0v) is 16.0. The van der Waals surface area contributed by atoms with Crippen LogP contribution in [0.3, 0.4) is 0 Å². The van der Waals surface area contributed by atoms with E-state index in [0.717, 1.165) is 24.2 Å². The third-order valence-corrected chi connectivity index (χ3v) is 4.58. The molecule has 0 aromatic heterocycles. The number of carbonyl (C=O) groups is 2. The SMILES string of the molecule is CCOc1ccc(/C=C/C(=O)O[C@H](C(=O)N2CCCC2)c2ccccc2)cc1. The van der Waals surface area contributed by atoms with E-state index in [1.54, 1.807) is 11.0 Å². The van der Waals surface area contributed by atoms with Gasteiger partial charge in [0.05, 0.1) is 6.61 Å². The first kappa shape index (κ1) is 19.7. The molecule has 2 aromatic carbocycles. The Morgan fingerprint density at radius 2 is 1.71 bits per heavy atom. The molecule has 5 nitrogen and oxygen atoms in total. The van der Waals surface area contributed by atoms with E-state index >= 15 is 0 Å². The van der Waals surface area contributed by atoms with Crippen molar-refractivity contribution in [2.75, 3.05) is 19.7 Å². The Bertz CT molecular complexity index is 808. The molecular weight excluding hydrogens is 354 g/mol. The Labute approximate surface area is 165 Å². The van der Waals surface area contributed by atoms with Crippen molar-refractivity contribution in [3.63, 3.8) is 0 Å². The van der Waals surface area contributed by atoms with Crippen LogP contribution >= 0.6 is 0 Å². The van der Waals surface area contributed by atoms with E-state index in [0.29, 0.717) is 25.3 Å². The molecule has 0 radical (unpaired) electrons. The van der Waals surface area contributed by atoms with Crippen LogP contribution in [0.25, 0.3) is 6.08 Å². The summed E-state index contributed by atoms with van der Waals surface area (Å²) in [6.07, 6.45) is 4.07. The number of esters is 1. The fraction of sp³-hybridized carbons (Fsp3) is 0.304. The van der Waals surface area contributed by atoms with Crippen molar-refractivity contribution in [2.24, 2.45) is 0 Å². The summed E-state index contributed by atoms with van der Waals surface area (Å²) >= 11 is 0. The summed E-state index contributed by atoms with van der Waals surface area (Å²) in [4.78, 5) is 27.0. The molecule has 0 N–H and O–H groups in total. The predicted octanol–water partition coefficient (Wildman–Crippen LogP) is 4.01. The summed E-state index contributed by atoms with van der Waals surface area (Å²) in [6, 6.07) is 16.6. The van der Waals surface area contributed by atoms with Gasteiger partial charge in [0.1, 0.15) is 5.75 Å². The standard InChI is InChI=1S/C23H25NO4/c1-2-27-20-13-10-18(11-14-20)12-15-21(25)28-22(19-8-4-3-5-9-19)23(26)24-16-6-7-17-24/h3-5,8-15,22H,2,6-7,16-17H2,1H3/b15-12+/t22-/m0/s1. The summed E-state index contributed by atoms with van der Waals surface area (Å²) in [5.41, 5.74) is 1.53. The maximum absolute atomic E-state index is 12.9. The predicted molar refractivity (Wildman–Crippen MR) is 108 cm³/mol. The lowest BCUT2D eigenvalue weighted by Gasteiger charge is -2.23. The summed E-state index contributed by atoms with van der Waals surface area (Å²) in [7, 11) is 0. The minimum atomic E-state index is -0.920. The van der Waals surface area contributed by atoms with Crippen molar-refractivity contribution in [3.8, 4) is 5.75 Å². The largest absolute Gasteiger partial charge is 0.494 e. The van der Waals surface area contributed by atoms with Gasteiger partial charge in [0.25, 0.3) is 5.91 Å². The number of hydrogen-bond acceptors (Lipinski definition) is 4. The Kier molecular flexibility index (Phi) is 6.84. The van der Waals surface area contributed by atoms with E-state index < -0.39 is 12.1 Å². The molecule has 0 saturated carbocycles. The molecule has 5 heteroatoms. The average Bonchev–Trinajstić information content (AvgIpc) is 3.27. The van der Waals surface area contributed by atoms with Crippen LogP contribution in [0.4, 0.5) is 0 Å². The van der Waals surface area contributed by atoms with Crippen molar-refractivity contribution >= 4 is 18.0 Å². The third-order valence-electron chi connectivity index (χ3n) is 4.58. The van der Waals surface area contributed by atoms with Crippen LogP contribution in [0.5, 0.6) is 5.75 Å². The van der Waals surface area contributed by atoms with Crippen LogP contribution in [0.15, 0.2) is 60.7 Å². The molecule has 0 unspecified atom stereocenters. The van der Waals surface area contributed by atoms with Crippen molar-refractivity contribution in [3.05, 3.63) is 71.8 Å². The lowest BCUT2D eigenvalue weighted by Crippen LogP contribution is -2.34. The van der Waals surface area contributed by atoms with Crippen LogP contribution < -0.4 is 4.74 Å². The van der Waals surface area contributed by atoms with Crippen molar-refractivity contribution in [2.45, 2.75) is 25.9 Å². The van der Waals surface area contributed by atoms with Gasteiger partial charge in [-0.2, -0.15) is 0 Å². The fourth-order valence-electron chi connectivity index (χ4n) is 3.15. The molecule has 28 heavy (non-hydrogen) atoms. The van der Waals surface area contributed by atoms with Gasteiger partial charge < -0.3 is 14.4 Å². The molecule has 3 rings (SSSR count). The Balaban J connectivity index is 1.69. The van der Waals surface area contributed by atoms with E-state index in [9.17, 15) is 9.59 Å². The van der Waals surface area contributed by atoms with Crippen LogP contribution in [0, 0.1) is 0 Å².